The summed E-state index contributed by atoms with van der Waals surface area (Å²) in [6, 6.07) is 7.32. The molecule has 18 heavy (non-hydrogen) atoms. The molecule has 0 amide bonds. The lowest BCUT2D eigenvalue weighted by atomic mass is 10.3. The lowest BCUT2D eigenvalue weighted by Crippen LogP contribution is -1.82. The van der Waals surface area contributed by atoms with Crippen molar-refractivity contribution in [1.29, 1.82) is 0 Å². The summed E-state index contributed by atoms with van der Waals surface area (Å²) in [6.45, 7) is 0. The Morgan fingerprint density at radius 3 is 3.00 bits per heavy atom. The van der Waals surface area contributed by atoms with Crippen LogP contribution in [0.15, 0.2) is 55.7 Å². The van der Waals surface area contributed by atoms with Crippen molar-refractivity contribution in [2.24, 2.45) is 0 Å². The SMILES string of the molecule is Nc1ccc2oc(Sc3ccncc3Br)nc2c1. The molecule has 6 heteroatoms. The number of hydrogen-bond donors (Lipinski definition) is 1. The first-order valence-electron chi connectivity index (χ1n) is 5.16. The lowest BCUT2D eigenvalue weighted by Gasteiger charge is -1.98. The van der Waals surface area contributed by atoms with E-state index in [1.165, 1.54) is 11.8 Å². The summed E-state index contributed by atoms with van der Waals surface area (Å²) in [5, 5.41) is 0.586. The Balaban J connectivity index is 1.98. The van der Waals surface area contributed by atoms with Gasteiger partial charge in [0.05, 0.1) is 0 Å². The van der Waals surface area contributed by atoms with Crippen LogP contribution in [-0.4, -0.2) is 9.97 Å². The van der Waals surface area contributed by atoms with Crippen molar-refractivity contribution in [3.8, 4) is 0 Å². The zero-order chi connectivity index (χ0) is 12.5. The first-order valence-corrected chi connectivity index (χ1v) is 6.77. The lowest BCUT2D eigenvalue weighted by molar-refractivity contribution is 0.489. The molecule has 0 unspecified atom stereocenters. The van der Waals surface area contributed by atoms with Gasteiger partial charge in [0.2, 0.25) is 0 Å². The average molecular weight is 322 g/mol. The molecule has 0 spiro atoms. The third-order valence-electron chi connectivity index (χ3n) is 2.32. The third kappa shape index (κ3) is 2.21. The predicted molar refractivity (Wildman–Crippen MR) is 74.5 cm³/mol. The summed E-state index contributed by atoms with van der Waals surface area (Å²) in [5.41, 5.74) is 7.88. The van der Waals surface area contributed by atoms with Gasteiger partial charge in [-0.25, -0.2) is 4.98 Å². The monoisotopic (exact) mass is 321 g/mol. The molecule has 0 fully saturated rings. The maximum Gasteiger partial charge on any atom is 0.261 e. The average Bonchev–Trinajstić information content (AvgIpc) is 2.73. The number of halogens is 1. The second-order valence-electron chi connectivity index (χ2n) is 3.62. The molecule has 0 radical (unpaired) electrons. The van der Waals surface area contributed by atoms with Gasteiger partial charge in [0.25, 0.3) is 5.22 Å². The molecule has 2 N–H and O–H groups in total. The van der Waals surface area contributed by atoms with Gasteiger partial charge < -0.3 is 10.2 Å². The maximum atomic E-state index is 5.71. The number of fused-ring (bicyclic) bond motifs is 1. The maximum absolute atomic E-state index is 5.71. The molecule has 0 aliphatic rings. The number of rotatable bonds is 2. The predicted octanol–water partition coefficient (Wildman–Crippen LogP) is 3.72. The fourth-order valence-corrected chi connectivity index (χ4v) is 2.74. The smallest absolute Gasteiger partial charge is 0.261 e. The molecule has 4 nitrogen and oxygen atoms in total. The van der Waals surface area contributed by atoms with Gasteiger partial charge in [-0.2, -0.15) is 0 Å². The number of pyridine rings is 1. The fourth-order valence-electron chi connectivity index (χ4n) is 1.51. The van der Waals surface area contributed by atoms with E-state index in [4.69, 9.17) is 10.2 Å². The highest BCUT2D eigenvalue weighted by atomic mass is 79.9. The summed E-state index contributed by atoms with van der Waals surface area (Å²) in [5.74, 6) is 0. The number of aromatic nitrogens is 2. The van der Waals surface area contributed by atoms with Crippen molar-refractivity contribution >= 4 is 44.5 Å². The van der Waals surface area contributed by atoms with Crippen LogP contribution in [0.3, 0.4) is 0 Å². The molecule has 0 saturated carbocycles. The van der Waals surface area contributed by atoms with Gasteiger partial charge in [0.15, 0.2) is 5.58 Å². The zero-order valence-electron chi connectivity index (χ0n) is 9.13. The van der Waals surface area contributed by atoms with E-state index in [0.29, 0.717) is 10.9 Å². The Bertz CT molecular complexity index is 713. The molecule has 0 atom stereocenters. The molecule has 3 rings (SSSR count). The number of nitrogen functional groups attached to an aromatic ring is 1. The van der Waals surface area contributed by atoms with Crippen molar-refractivity contribution in [2.75, 3.05) is 5.73 Å². The zero-order valence-corrected chi connectivity index (χ0v) is 11.5. The number of nitrogens with zero attached hydrogens (tertiary/aromatic N) is 2. The van der Waals surface area contributed by atoms with E-state index in [0.717, 1.165) is 20.5 Å². The van der Waals surface area contributed by atoms with Crippen LogP contribution in [0.1, 0.15) is 0 Å². The number of oxazole rings is 1. The Morgan fingerprint density at radius 1 is 1.28 bits per heavy atom. The van der Waals surface area contributed by atoms with Gasteiger partial charge >= 0.3 is 0 Å². The molecule has 0 aliphatic carbocycles. The van der Waals surface area contributed by atoms with E-state index in [1.54, 1.807) is 24.5 Å². The van der Waals surface area contributed by atoms with Gasteiger partial charge in [-0.1, -0.05) is 0 Å². The second-order valence-corrected chi connectivity index (χ2v) is 5.46. The molecule has 0 aliphatic heterocycles. The normalized spacial score (nSPS) is 10.9. The van der Waals surface area contributed by atoms with Crippen molar-refractivity contribution in [1.82, 2.24) is 9.97 Å². The van der Waals surface area contributed by atoms with Gasteiger partial charge in [0.1, 0.15) is 5.52 Å². The summed E-state index contributed by atoms with van der Waals surface area (Å²) in [7, 11) is 0. The number of anilines is 1. The quantitative estimate of drug-likeness (QED) is 0.729. The summed E-state index contributed by atoms with van der Waals surface area (Å²) in [4.78, 5) is 9.40. The van der Waals surface area contributed by atoms with Gasteiger partial charge in [-0.15, -0.1) is 0 Å². The minimum absolute atomic E-state index is 0.586. The Labute approximate surface area is 116 Å². The van der Waals surface area contributed by atoms with Gasteiger partial charge in [-0.05, 0) is 52.0 Å². The van der Waals surface area contributed by atoms with Crippen molar-refractivity contribution in [2.45, 2.75) is 10.1 Å². The molecular formula is C12H8BrN3OS. The number of benzene rings is 1. The molecule has 2 heterocycles. The molecule has 90 valence electrons. The van der Waals surface area contributed by atoms with Crippen LogP contribution in [0.5, 0.6) is 0 Å². The van der Waals surface area contributed by atoms with Gasteiger partial charge in [0, 0.05) is 27.4 Å². The standard InChI is InChI=1S/C12H8BrN3OS/c13-8-6-15-4-3-11(8)18-12-16-9-5-7(14)1-2-10(9)17-12/h1-6H,14H2. The highest BCUT2D eigenvalue weighted by molar-refractivity contribution is 9.10. The first kappa shape index (κ1) is 11.6. The second kappa shape index (κ2) is 4.62. The van der Waals surface area contributed by atoms with Gasteiger partial charge in [-0.3, -0.25) is 4.98 Å². The van der Waals surface area contributed by atoms with E-state index in [9.17, 15) is 0 Å². The number of nitrogens with two attached hydrogens (primary N) is 1. The highest BCUT2D eigenvalue weighted by Crippen LogP contribution is 2.34. The van der Waals surface area contributed by atoms with Crippen LogP contribution < -0.4 is 5.73 Å². The summed E-state index contributed by atoms with van der Waals surface area (Å²) >= 11 is 4.88. The van der Waals surface area contributed by atoms with Crippen LogP contribution >= 0.6 is 27.7 Å². The van der Waals surface area contributed by atoms with Crippen LogP contribution in [0.25, 0.3) is 11.1 Å². The van der Waals surface area contributed by atoms with Crippen molar-refractivity contribution in [3.63, 3.8) is 0 Å². The third-order valence-corrected chi connectivity index (χ3v) is 4.14. The number of hydrogen-bond acceptors (Lipinski definition) is 5. The molecule has 3 aromatic rings. The first-order chi connectivity index (χ1) is 8.72. The van der Waals surface area contributed by atoms with Crippen molar-refractivity contribution in [3.05, 3.63) is 41.1 Å². The summed E-state index contributed by atoms with van der Waals surface area (Å²) < 4.78 is 6.55. The Morgan fingerprint density at radius 2 is 2.17 bits per heavy atom. The van der Waals surface area contributed by atoms with Crippen LogP contribution in [0.2, 0.25) is 0 Å². The highest BCUT2D eigenvalue weighted by Gasteiger charge is 2.09. The van der Waals surface area contributed by atoms with Crippen LogP contribution in [0.4, 0.5) is 5.69 Å². The topological polar surface area (TPSA) is 64.9 Å². The summed E-state index contributed by atoms with van der Waals surface area (Å²) in [6.07, 6.45) is 3.47. The Hall–Kier alpha value is -1.53. The minimum Gasteiger partial charge on any atom is -0.431 e. The molecule has 0 saturated heterocycles. The van der Waals surface area contributed by atoms with E-state index < -0.39 is 0 Å². The van der Waals surface area contributed by atoms with Crippen molar-refractivity contribution < 1.29 is 4.42 Å². The van der Waals surface area contributed by atoms with Crippen LogP contribution in [0, 0.1) is 0 Å². The Kier molecular flexibility index (Phi) is 2.97. The largest absolute Gasteiger partial charge is 0.431 e. The molecule has 1 aromatic carbocycles. The molecule has 2 aromatic heterocycles. The van der Waals surface area contributed by atoms with E-state index in [1.807, 2.05) is 12.1 Å². The van der Waals surface area contributed by atoms with E-state index in [-0.39, 0.29) is 0 Å². The van der Waals surface area contributed by atoms with E-state index >= 15 is 0 Å². The molecular weight excluding hydrogens is 314 g/mol. The van der Waals surface area contributed by atoms with E-state index in [2.05, 4.69) is 25.9 Å². The van der Waals surface area contributed by atoms with Crippen LogP contribution in [-0.2, 0) is 0 Å². The fraction of sp³-hybridized carbons (Fsp3) is 0. The molecule has 0 bridgehead atoms. The minimum atomic E-state index is 0.586.